The van der Waals surface area contributed by atoms with Crippen molar-refractivity contribution in [3.63, 3.8) is 0 Å². The Morgan fingerprint density at radius 2 is 1.86 bits per heavy atom. The molecule has 0 saturated heterocycles. The predicted molar refractivity (Wildman–Crippen MR) is 116 cm³/mol. The lowest BCUT2D eigenvalue weighted by molar-refractivity contribution is 0.0529. The van der Waals surface area contributed by atoms with Crippen molar-refractivity contribution in [2.45, 2.75) is 6.92 Å². The normalized spacial score (nSPS) is 10.3. The summed E-state index contributed by atoms with van der Waals surface area (Å²) in [6.07, 6.45) is 0. The van der Waals surface area contributed by atoms with Crippen molar-refractivity contribution in [3.8, 4) is 16.9 Å². The number of hydrogen-bond acceptors (Lipinski definition) is 5. The molecule has 29 heavy (non-hydrogen) atoms. The monoisotopic (exact) mass is 430 g/mol. The standard InChI is InChI=1S/C21H19ClN2O4S/c1-3-28-20(25)18-17(13-7-9-16(27-2)10-8-13)12-29-19(18)24-21(26)23-15-6-4-5-14(22)11-15/h4-12H,3H2,1-2H3,(H2,23,24,26). The molecule has 2 aromatic carbocycles. The molecule has 3 aromatic rings. The highest BCUT2D eigenvalue weighted by molar-refractivity contribution is 7.15. The van der Waals surface area contributed by atoms with Crippen molar-refractivity contribution < 1.29 is 19.1 Å². The zero-order valence-corrected chi connectivity index (χ0v) is 17.4. The summed E-state index contributed by atoms with van der Waals surface area (Å²) < 4.78 is 10.4. The second-order valence-corrected chi connectivity index (χ2v) is 7.21. The van der Waals surface area contributed by atoms with E-state index in [-0.39, 0.29) is 6.61 Å². The van der Waals surface area contributed by atoms with E-state index in [4.69, 9.17) is 21.1 Å². The van der Waals surface area contributed by atoms with Crippen LogP contribution in [-0.4, -0.2) is 25.7 Å². The van der Waals surface area contributed by atoms with Gasteiger partial charge in [0.2, 0.25) is 0 Å². The van der Waals surface area contributed by atoms with Gasteiger partial charge in [0.1, 0.15) is 16.3 Å². The largest absolute Gasteiger partial charge is 0.497 e. The smallest absolute Gasteiger partial charge is 0.341 e. The van der Waals surface area contributed by atoms with Gasteiger partial charge in [0.05, 0.1) is 13.7 Å². The molecule has 150 valence electrons. The third kappa shape index (κ3) is 5.07. The van der Waals surface area contributed by atoms with Gasteiger partial charge in [-0.25, -0.2) is 9.59 Å². The highest BCUT2D eigenvalue weighted by Crippen LogP contribution is 2.37. The minimum atomic E-state index is -0.502. The number of hydrogen-bond donors (Lipinski definition) is 2. The first-order valence-electron chi connectivity index (χ1n) is 8.78. The molecule has 0 atom stereocenters. The van der Waals surface area contributed by atoms with Gasteiger partial charge in [-0.1, -0.05) is 29.8 Å². The molecule has 0 aliphatic heterocycles. The van der Waals surface area contributed by atoms with Gasteiger partial charge in [-0.15, -0.1) is 11.3 Å². The fraction of sp³-hybridized carbons (Fsp3) is 0.143. The van der Waals surface area contributed by atoms with E-state index in [1.165, 1.54) is 11.3 Å². The van der Waals surface area contributed by atoms with Gasteiger partial charge in [-0.2, -0.15) is 0 Å². The number of thiophene rings is 1. The van der Waals surface area contributed by atoms with Gasteiger partial charge in [0.15, 0.2) is 0 Å². The molecule has 1 heterocycles. The summed E-state index contributed by atoms with van der Waals surface area (Å²) in [5, 5.41) is 8.14. The molecule has 1 aromatic heterocycles. The molecule has 0 unspecified atom stereocenters. The molecule has 6 nitrogen and oxygen atoms in total. The van der Waals surface area contributed by atoms with Crippen LogP contribution in [0.15, 0.2) is 53.9 Å². The number of nitrogens with one attached hydrogen (secondary N) is 2. The molecular formula is C21H19ClN2O4S. The zero-order valence-electron chi connectivity index (χ0n) is 15.8. The van der Waals surface area contributed by atoms with E-state index in [1.54, 1.807) is 50.4 Å². The first-order chi connectivity index (χ1) is 14.0. The number of benzene rings is 2. The number of carbonyl (C=O) groups is 2. The molecule has 0 bridgehead atoms. The first-order valence-corrected chi connectivity index (χ1v) is 10.0. The molecule has 2 amide bonds. The highest BCUT2D eigenvalue weighted by Gasteiger charge is 2.23. The topological polar surface area (TPSA) is 76.7 Å². The van der Waals surface area contributed by atoms with Crippen LogP contribution in [0, 0.1) is 0 Å². The van der Waals surface area contributed by atoms with E-state index in [9.17, 15) is 9.59 Å². The van der Waals surface area contributed by atoms with E-state index >= 15 is 0 Å². The van der Waals surface area contributed by atoms with Gasteiger partial charge in [-0.05, 0) is 42.8 Å². The first kappa shape index (κ1) is 20.7. The Morgan fingerprint density at radius 1 is 1.10 bits per heavy atom. The Bertz CT molecular complexity index is 1020. The summed E-state index contributed by atoms with van der Waals surface area (Å²) in [6, 6.07) is 13.6. The van der Waals surface area contributed by atoms with Crippen molar-refractivity contribution in [2.75, 3.05) is 24.4 Å². The molecule has 0 fully saturated rings. The average molecular weight is 431 g/mol. The van der Waals surface area contributed by atoms with E-state index in [2.05, 4.69) is 10.6 Å². The lowest BCUT2D eigenvalue weighted by Gasteiger charge is -2.10. The van der Waals surface area contributed by atoms with Crippen LogP contribution in [0.3, 0.4) is 0 Å². The number of amides is 2. The third-order valence-corrected chi connectivity index (χ3v) is 5.11. The SMILES string of the molecule is CCOC(=O)c1c(-c2ccc(OC)cc2)csc1NC(=O)Nc1cccc(Cl)c1. The van der Waals surface area contributed by atoms with E-state index < -0.39 is 12.0 Å². The molecule has 2 N–H and O–H groups in total. The van der Waals surface area contributed by atoms with E-state index in [0.29, 0.717) is 32.6 Å². The van der Waals surface area contributed by atoms with Crippen LogP contribution in [0.5, 0.6) is 5.75 Å². The van der Waals surface area contributed by atoms with Crippen LogP contribution < -0.4 is 15.4 Å². The zero-order chi connectivity index (χ0) is 20.8. The summed E-state index contributed by atoms with van der Waals surface area (Å²) in [5.41, 5.74) is 2.34. The maximum Gasteiger partial charge on any atom is 0.341 e. The number of rotatable bonds is 6. The molecule has 0 spiro atoms. The Morgan fingerprint density at radius 3 is 2.52 bits per heavy atom. The molecule has 8 heteroatoms. The Kier molecular flexibility index (Phi) is 6.74. The summed E-state index contributed by atoms with van der Waals surface area (Å²) >= 11 is 7.19. The maximum atomic E-state index is 12.6. The summed E-state index contributed by atoms with van der Waals surface area (Å²) in [7, 11) is 1.59. The molecule has 0 radical (unpaired) electrons. The van der Waals surface area contributed by atoms with Gasteiger partial charge in [0.25, 0.3) is 0 Å². The van der Waals surface area contributed by atoms with Crippen LogP contribution in [0.25, 0.3) is 11.1 Å². The van der Waals surface area contributed by atoms with Crippen molar-refractivity contribution >= 4 is 45.6 Å². The lowest BCUT2D eigenvalue weighted by Crippen LogP contribution is -2.20. The number of methoxy groups -OCH3 is 1. The lowest BCUT2D eigenvalue weighted by atomic mass is 10.0. The van der Waals surface area contributed by atoms with E-state index in [0.717, 1.165) is 5.56 Å². The fourth-order valence-corrected chi connectivity index (χ4v) is 3.81. The number of halogens is 1. The summed E-state index contributed by atoms with van der Waals surface area (Å²) in [4.78, 5) is 25.0. The van der Waals surface area contributed by atoms with Crippen molar-refractivity contribution in [3.05, 3.63) is 64.5 Å². The molecule has 0 saturated carbocycles. The Balaban J connectivity index is 1.88. The van der Waals surface area contributed by atoms with Crippen LogP contribution in [0.1, 0.15) is 17.3 Å². The van der Waals surface area contributed by atoms with Crippen LogP contribution in [-0.2, 0) is 4.74 Å². The van der Waals surface area contributed by atoms with Crippen molar-refractivity contribution in [1.82, 2.24) is 0 Å². The Labute approximate surface area is 177 Å². The van der Waals surface area contributed by atoms with Gasteiger partial charge < -0.3 is 14.8 Å². The molecule has 0 aliphatic rings. The third-order valence-electron chi connectivity index (χ3n) is 3.98. The second kappa shape index (κ2) is 9.45. The van der Waals surface area contributed by atoms with Crippen LogP contribution >= 0.6 is 22.9 Å². The summed E-state index contributed by atoms with van der Waals surface area (Å²) in [6.45, 7) is 1.96. The van der Waals surface area contributed by atoms with E-state index in [1.807, 2.05) is 17.5 Å². The highest BCUT2D eigenvalue weighted by atomic mass is 35.5. The number of urea groups is 1. The van der Waals surface area contributed by atoms with Crippen molar-refractivity contribution in [1.29, 1.82) is 0 Å². The number of esters is 1. The quantitative estimate of drug-likeness (QED) is 0.477. The fourth-order valence-electron chi connectivity index (χ4n) is 2.67. The minimum absolute atomic E-state index is 0.227. The minimum Gasteiger partial charge on any atom is -0.497 e. The maximum absolute atomic E-state index is 12.6. The van der Waals surface area contributed by atoms with Crippen molar-refractivity contribution in [2.24, 2.45) is 0 Å². The number of ether oxygens (including phenoxy) is 2. The average Bonchev–Trinajstić information content (AvgIpc) is 3.11. The molecular weight excluding hydrogens is 412 g/mol. The number of anilines is 2. The van der Waals surface area contributed by atoms with Gasteiger partial charge in [0, 0.05) is 21.7 Å². The Hall–Kier alpha value is -3.03. The van der Waals surface area contributed by atoms with Crippen LogP contribution in [0.4, 0.5) is 15.5 Å². The molecule has 0 aliphatic carbocycles. The summed E-state index contributed by atoms with van der Waals surface area (Å²) in [5.74, 6) is 0.207. The molecule has 3 rings (SSSR count). The van der Waals surface area contributed by atoms with Gasteiger partial charge in [-0.3, -0.25) is 5.32 Å². The predicted octanol–water partition coefficient (Wildman–Crippen LogP) is 5.90. The van der Waals surface area contributed by atoms with Crippen LogP contribution in [0.2, 0.25) is 5.02 Å². The van der Waals surface area contributed by atoms with Gasteiger partial charge >= 0.3 is 12.0 Å². The second-order valence-electron chi connectivity index (χ2n) is 5.89. The number of carbonyl (C=O) groups excluding carboxylic acids is 2.